The Balaban J connectivity index is 1.59. The highest BCUT2D eigenvalue weighted by atomic mass is 32.2. The fourth-order valence-corrected chi connectivity index (χ4v) is 5.09. The molecule has 2 aromatic rings. The second kappa shape index (κ2) is 6.93. The van der Waals surface area contributed by atoms with Crippen molar-refractivity contribution in [1.29, 1.82) is 0 Å². The van der Waals surface area contributed by atoms with E-state index in [4.69, 9.17) is 4.74 Å². The van der Waals surface area contributed by atoms with Crippen LogP contribution >= 0.6 is 0 Å². The van der Waals surface area contributed by atoms with Crippen molar-refractivity contribution in [1.82, 2.24) is 4.90 Å². The maximum absolute atomic E-state index is 12.9. The second-order valence-electron chi connectivity index (χ2n) is 6.66. The minimum atomic E-state index is -3.99. The monoisotopic (exact) mass is 413 g/mol. The van der Waals surface area contributed by atoms with Crippen LogP contribution in [0.5, 0.6) is 0 Å². The van der Waals surface area contributed by atoms with Gasteiger partial charge < -0.3 is 4.74 Å². The van der Waals surface area contributed by atoms with Gasteiger partial charge in [0.25, 0.3) is 5.91 Å². The number of fused-ring (bicyclic) bond motifs is 2. The van der Waals surface area contributed by atoms with Crippen molar-refractivity contribution >= 4 is 33.4 Å². The number of sulfone groups is 1. The summed E-state index contributed by atoms with van der Waals surface area (Å²) in [6, 6.07) is 9.46. The van der Waals surface area contributed by atoms with Gasteiger partial charge in [-0.1, -0.05) is 12.1 Å². The predicted molar refractivity (Wildman–Crippen MR) is 98.0 cm³/mol. The molecule has 0 atom stereocenters. The predicted octanol–water partition coefficient (Wildman–Crippen LogP) is 1.37. The summed E-state index contributed by atoms with van der Waals surface area (Å²) < 4.78 is 30.7. The van der Waals surface area contributed by atoms with Crippen LogP contribution in [0.25, 0.3) is 0 Å². The SMILES string of the molecule is O=C(OCC(=O)N1CCCC1=O)c1ccc2c(c1)S(=O)(=O)c1ccccc1C2=O. The van der Waals surface area contributed by atoms with Crippen LogP contribution in [0.3, 0.4) is 0 Å². The van der Waals surface area contributed by atoms with Crippen LogP contribution in [0.1, 0.15) is 39.1 Å². The number of carbonyl (C=O) groups is 4. The molecule has 0 N–H and O–H groups in total. The smallest absolute Gasteiger partial charge is 0.338 e. The Bertz CT molecular complexity index is 1180. The third-order valence-electron chi connectivity index (χ3n) is 4.87. The molecule has 2 aliphatic rings. The quantitative estimate of drug-likeness (QED) is 0.596. The third kappa shape index (κ3) is 3.13. The van der Waals surface area contributed by atoms with Gasteiger partial charge in [0.2, 0.25) is 15.7 Å². The van der Waals surface area contributed by atoms with Crippen LogP contribution in [-0.2, 0) is 24.2 Å². The standard InChI is InChI=1S/C20H15NO7S/c22-17-6-3-9-21(17)18(23)11-28-20(25)12-7-8-14-16(10-12)29(26,27)15-5-2-1-4-13(15)19(14)24/h1-2,4-5,7-8,10H,3,6,9,11H2. The molecule has 0 spiro atoms. The van der Waals surface area contributed by atoms with Crippen LogP contribution < -0.4 is 0 Å². The van der Waals surface area contributed by atoms with E-state index in [9.17, 15) is 27.6 Å². The topological polar surface area (TPSA) is 115 Å². The number of nitrogens with zero attached hydrogens (tertiary/aromatic N) is 1. The van der Waals surface area contributed by atoms with Gasteiger partial charge in [-0.25, -0.2) is 13.2 Å². The second-order valence-corrected chi connectivity index (χ2v) is 8.54. The van der Waals surface area contributed by atoms with Crippen LogP contribution in [0.15, 0.2) is 52.3 Å². The van der Waals surface area contributed by atoms with Crippen LogP contribution in [0.2, 0.25) is 0 Å². The number of likely N-dealkylation sites (tertiary alicyclic amines) is 1. The molecule has 9 heteroatoms. The first-order valence-corrected chi connectivity index (χ1v) is 10.3. The van der Waals surface area contributed by atoms with Gasteiger partial charge in [0, 0.05) is 24.1 Å². The summed E-state index contributed by atoms with van der Waals surface area (Å²) in [7, 11) is -3.99. The number of imide groups is 1. The zero-order valence-corrected chi connectivity index (χ0v) is 15.9. The lowest BCUT2D eigenvalue weighted by Gasteiger charge is -2.19. The fraction of sp³-hybridized carbons (Fsp3) is 0.200. The highest BCUT2D eigenvalue weighted by Gasteiger charge is 2.35. The van der Waals surface area contributed by atoms with Crippen molar-refractivity contribution in [2.24, 2.45) is 0 Å². The van der Waals surface area contributed by atoms with Crippen molar-refractivity contribution in [3.8, 4) is 0 Å². The Morgan fingerprint density at radius 3 is 2.45 bits per heavy atom. The maximum Gasteiger partial charge on any atom is 0.338 e. The average molecular weight is 413 g/mol. The summed E-state index contributed by atoms with van der Waals surface area (Å²) >= 11 is 0. The highest BCUT2D eigenvalue weighted by Crippen LogP contribution is 2.34. The molecular formula is C20H15NO7S. The van der Waals surface area contributed by atoms with Gasteiger partial charge in [-0.05, 0) is 36.8 Å². The molecule has 1 fully saturated rings. The number of rotatable bonds is 3. The number of amides is 2. The van der Waals surface area contributed by atoms with Crippen LogP contribution in [-0.4, -0.2) is 50.0 Å². The van der Waals surface area contributed by atoms with Gasteiger partial charge in [-0.2, -0.15) is 0 Å². The van der Waals surface area contributed by atoms with Crippen LogP contribution in [0.4, 0.5) is 0 Å². The number of ketones is 1. The zero-order chi connectivity index (χ0) is 20.8. The van der Waals surface area contributed by atoms with Crippen molar-refractivity contribution in [3.05, 3.63) is 59.2 Å². The molecule has 2 heterocycles. The van der Waals surface area contributed by atoms with E-state index in [1.165, 1.54) is 30.3 Å². The number of hydrogen-bond donors (Lipinski definition) is 0. The molecule has 1 saturated heterocycles. The number of hydrogen-bond acceptors (Lipinski definition) is 7. The number of ether oxygens (including phenoxy) is 1. The summed E-state index contributed by atoms with van der Waals surface area (Å²) in [5.74, 6) is -2.32. The fourth-order valence-electron chi connectivity index (χ4n) is 3.41. The largest absolute Gasteiger partial charge is 0.452 e. The third-order valence-corrected chi connectivity index (χ3v) is 6.73. The molecule has 0 aromatic heterocycles. The molecule has 0 unspecified atom stereocenters. The van der Waals surface area contributed by atoms with E-state index < -0.39 is 34.1 Å². The van der Waals surface area contributed by atoms with Gasteiger partial charge in [0.15, 0.2) is 12.4 Å². The van der Waals surface area contributed by atoms with E-state index in [2.05, 4.69) is 0 Å². The molecule has 8 nitrogen and oxygen atoms in total. The molecule has 4 rings (SSSR count). The van der Waals surface area contributed by atoms with Crippen LogP contribution in [0, 0.1) is 0 Å². The average Bonchev–Trinajstić information content (AvgIpc) is 3.16. The lowest BCUT2D eigenvalue weighted by molar-refractivity contribution is -0.143. The molecule has 29 heavy (non-hydrogen) atoms. The van der Waals surface area contributed by atoms with Crippen molar-refractivity contribution in [2.45, 2.75) is 22.6 Å². The molecule has 148 valence electrons. The Kier molecular flexibility index (Phi) is 4.54. The first-order valence-electron chi connectivity index (χ1n) is 8.84. The van der Waals surface area contributed by atoms with Gasteiger partial charge in [-0.3, -0.25) is 19.3 Å². The van der Waals surface area contributed by atoms with Gasteiger partial charge in [0.05, 0.1) is 15.4 Å². The Morgan fingerprint density at radius 2 is 1.72 bits per heavy atom. The molecule has 0 bridgehead atoms. The molecule has 0 saturated carbocycles. The first kappa shape index (κ1) is 19.0. The van der Waals surface area contributed by atoms with Gasteiger partial charge in [0.1, 0.15) is 0 Å². The molecule has 0 aliphatic carbocycles. The number of benzene rings is 2. The summed E-state index contributed by atoms with van der Waals surface area (Å²) in [5, 5.41) is 0. The first-order chi connectivity index (χ1) is 13.8. The molecule has 2 aromatic carbocycles. The maximum atomic E-state index is 12.9. The molecule has 2 aliphatic heterocycles. The minimum Gasteiger partial charge on any atom is -0.452 e. The Hall–Kier alpha value is -3.33. The van der Waals surface area contributed by atoms with Gasteiger partial charge in [-0.15, -0.1) is 0 Å². The van der Waals surface area contributed by atoms with Crippen molar-refractivity contribution in [2.75, 3.05) is 13.2 Å². The van der Waals surface area contributed by atoms with E-state index in [1.54, 1.807) is 6.07 Å². The summed E-state index contributed by atoms with van der Waals surface area (Å²) in [4.78, 5) is 49.1. The number of esters is 1. The lowest BCUT2D eigenvalue weighted by atomic mass is 10.0. The Morgan fingerprint density at radius 1 is 1.00 bits per heavy atom. The van der Waals surface area contributed by atoms with Gasteiger partial charge >= 0.3 is 5.97 Å². The summed E-state index contributed by atoms with van der Waals surface area (Å²) in [6.45, 7) is -0.343. The molecular weight excluding hydrogens is 398 g/mol. The van der Waals surface area contributed by atoms with E-state index >= 15 is 0 Å². The van der Waals surface area contributed by atoms with E-state index in [-0.39, 0.29) is 45.4 Å². The van der Waals surface area contributed by atoms with Crippen molar-refractivity contribution < 1.29 is 32.3 Å². The summed E-state index contributed by atoms with van der Waals surface area (Å²) in [6.07, 6.45) is 0.842. The summed E-state index contributed by atoms with van der Waals surface area (Å²) in [5.41, 5.74) is -0.0600. The Labute approximate surface area is 166 Å². The van der Waals surface area contributed by atoms with E-state index in [0.717, 1.165) is 11.0 Å². The molecule has 2 amide bonds. The highest BCUT2D eigenvalue weighted by molar-refractivity contribution is 7.91. The minimum absolute atomic E-state index is 0.0287. The van der Waals surface area contributed by atoms with E-state index in [1.807, 2.05) is 0 Å². The molecule has 0 radical (unpaired) electrons. The normalized spacial score (nSPS) is 16.9. The lowest BCUT2D eigenvalue weighted by Crippen LogP contribution is -2.35. The zero-order valence-electron chi connectivity index (χ0n) is 15.1. The number of carbonyl (C=O) groups excluding carboxylic acids is 4. The van der Waals surface area contributed by atoms with Crippen molar-refractivity contribution in [3.63, 3.8) is 0 Å². The van der Waals surface area contributed by atoms with E-state index in [0.29, 0.717) is 6.42 Å².